The van der Waals surface area contributed by atoms with E-state index in [1.54, 1.807) is 4.90 Å². The summed E-state index contributed by atoms with van der Waals surface area (Å²) >= 11 is 0. The van der Waals surface area contributed by atoms with Crippen LogP contribution in [0.3, 0.4) is 0 Å². The second-order valence-electron chi connectivity index (χ2n) is 7.95. The van der Waals surface area contributed by atoms with Gasteiger partial charge in [-0.2, -0.15) is 0 Å². The van der Waals surface area contributed by atoms with Crippen molar-refractivity contribution in [2.24, 2.45) is 0 Å². The van der Waals surface area contributed by atoms with Crippen molar-refractivity contribution in [2.45, 2.75) is 59.2 Å². The lowest BCUT2D eigenvalue weighted by molar-refractivity contribution is 0.000519. The zero-order chi connectivity index (χ0) is 19.6. The number of amides is 1. The molecule has 0 bridgehead atoms. The maximum absolute atomic E-state index is 13.0. The topological polar surface area (TPSA) is 58.8 Å². The predicted molar refractivity (Wildman–Crippen MR) is 98.2 cm³/mol. The standard InChI is InChI=1S/C19H29F2N3O2/c1-12-10-23(6-7-24(12)18(25)26-19(3,4)5)11-15-8-14(17(20)21)9-16(22)13(15)2/h8-9,12,17H,6-7,10-11,22H2,1-5H3/t12-/m0/s1. The second kappa shape index (κ2) is 7.78. The first-order valence-electron chi connectivity index (χ1n) is 8.87. The molecule has 2 rings (SSSR count). The molecule has 0 unspecified atom stereocenters. The summed E-state index contributed by atoms with van der Waals surface area (Å²) in [6.07, 6.45) is -2.86. The molecule has 1 amide bonds. The summed E-state index contributed by atoms with van der Waals surface area (Å²) in [6, 6.07) is 2.85. The smallest absolute Gasteiger partial charge is 0.410 e. The van der Waals surface area contributed by atoms with Crippen LogP contribution >= 0.6 is 0 Å². The van der Waals surface area contributed by atoms with Crippen molar-refractivity contribution in [3.63, 3.8) is 0 Å². The largest absolute Gasteiger partial charge is 0.444 e. The van der Waals surface area contributed by atoms with E-state index in [-0.39, 0.29) is 17.7 Å². The molecule has 1 aromatic rings. The van der Waals surface area contributed by atoms with Crippen molar-refractivity contribution in [3.8, 4) is 0 Å². The minimum absolute atomic E-state index is 0.0189. The van der Waals surface area contributed by atoms with Crippen LogP contribution in [-0.4, -0.2) is 47.2 Å². The zero-order valence-corrected chi connectivity index (χ0v) is 16.2. The molecule has 0 radical (unpaired) electrons. The Bertz CT molecular complexity index is 659. The summed E-state index contributed by atoms with van der Waals surface area (Å²) < 4.78 is 31.5. The average molecular weight is 369 g/mol. The molecule has 0 aromatic heterocycles. The Labute approximate surface area is 154 Å². The normalized spacial score (nSPS) is 19.1. The minimum Gasteiger partial charge on any atom is -0.444 e. The molecular formula is C19H29F2N3O2. The number of anilines is 1. The summed E-state index contributed by atoms with van der Waals surface area (Å²) in [5.74, 6) is 0. The van der Waals surface area contributed by atoms with Crippen molar-refractivity contribution in [3.05, 3.63) is 28.8 Å². The lowest BCUT2D eigenvalue weighted by atomic mass is 10.0. The van der Waals surface area contributed by atoms with Crippen LogP contribution in [0, 0.1) is 6.92 Å². The monoisotopic (exact) mass is 369 g/mol. The summed E-state index contributed by atoms with van der Waals surface area (Å²) in [4.78, 5) is 16.2. The first-order chi connectivity index (χ1) is 12.0. The first kappa shape index (κ1) is 20.4. The van der Waals surface area contributed by atoms with Crippen molar-refractivity contribution >= 4 is 11.8 Å². The molecular weight excluding hydrogens is 340 g/mol. The number of nitrogen functional groups attached to an aromatic ring is 1. The van der Waals surface area contributed by atoms with Crippen LogP contribution in [0.25, 0.3) is 0 Å². The molecule has 1 aliphatic rings. The summed E-state index contributed by atoms with van der Waals surface area (Å²) in [7, 11) is 0. The fourth-order valence-electron chi connectivity index (χ4n) is 3.12. The van der Waals surface area contributed by atoms with Crippen molar-refractivity contribution < 1.29 is 18.3 Å². The van der Waals surface area contributed by atoms with E-state index in [0.717, 1.165) is 11.1 Å². The quantitative estimate of drug-likeness (QED) is 0.820. The van der Waals surface area contributed by atoms with E-state index in [9.17, 15) is 13.6 Å². The van der Waals surface area contributed by atoms with Gasteiger partial charge < -0.3 is 15.4 Å². The third kappa shape index (κ3) is 5.06. The summed E-state index contributed by atoms with van der Waals surface area (Å²) in [6.45, 7) is 11.7. The number of carbonyl (C=O) groups excluding carboxylic acids is 1. The molecule has 146 valence electrons. The Morgan fingerprint density at radius 1 is 1.35 bits per heavy atom. The SMILES string of the molecule is Cc1c(N)cc(C(F)F)cc1CN1CCN(C(=O)OC(C)(C)C)[C@@H](C)C1. The van der Waals surface area contributed by atoms with Gasteiger partial charge in [-0.3, -0.25) is 4.90 Å². The molecule has 0 aliphatic carbocycles. The van der Waals surface area contributed by atoms with Crippen LogP contribution in [0.4, 0.5) is 19.3 Å². The summed E-state index contributed by atoms with van der Waals surface area (Å²) in [5.41, 5.74) is 7.33. The number of hydrogen-bond donors (Lipinski definition) is 1. The fraction of sp³-hybridized carbons (Fsp3) is 0.632. The molecule has 1 saturated heterocycles. The first-order valence-corrected chi connectivity index (χ1v) is 8.87. The van der Waals surface area contributed by atoms with Crippen molar-refractivity contribution in [1.82, 2.24) is 9.80 Å². The van der Waals surface area contributed by atoms with Gasteiger partial charge in [-0.15, -0.1) is 0 Å². The number of nitrogens with two attached hydrogens (primary N) is 1. The molecule has 5 nitrogen and oxygen atoms in total. The van der Waals surface area contributed by atoms with E-state index in [4.69, 9.17) is 10.5 Å². The van der Waals surface area contributed by atoms with Gasteiger partial charge in [0.1, 0.15) is 5.60 Å². The number of halogens is 2. The van der Waals surface area contributed by atoms with Crippen LogP contribution in [0.15, 0.2) is 12.1 Å². The van der Waals surface area contributed by atoms with Crippen molar-refractivity contribution in [1.29, 1.82) is 0 Å². The van der Waals surface area contributed by atoms with Gasteiger partial charge in [-0.05, 0) is 57.9 Å². The number of alkyl halides is 2. The lowest BCUT2D eigenvalue weighted by Gasteiger charge is -2.40. The number of benzene rings is 1. The van der Waals surface area contributed by atoms with Gasteiger partial charge in [-0.25, -0.2) is 13.6 Å². The molecule has 1 heterocycles. The van der Waals surface area contributed by atoms with Crippen LogP contribution in [0.5, 0.6) is 0 Å². The number of piperazine rings is 1. The van der Waals surface area contributed by atoms with E-state index < -0.39 is 12.0 Å². The molecule has 0 saturated carbocycles. The van der Waals surface area contributed by atoms with Gasteiger partial charge in [0.2, 0.25) is 0 Å². The molecule has 1 fully saturated rings. The molecule has 1 aliphatic heterocycles. The van der Waals surface area contributed by atoms with E-state index in [1.165, 1.54) is 12.1 Å². The van der Waals surface area contributed by atoms with Gasteiger partial charge in [0.15, 0.2) is 0 Å². The van der Waals surface area contributed by atoms with Crippen LogP contribution < -0.4 is 5.73 Å². The van der Waals surface area contributed by atoms with Gasteiger partial charge in [0, 0.05) is 43.5 Å². The fourth-order valence-corrected chi connectivity index (χ4v) is 3.12. The molecule has 1 aromatic carbocycles. The van der Waals surface area contributed by atoms with Crippen LogP contribution in [-0.2, 0) is 11.3 Å². The van der Waals surface area contributed by atoms with Gasteiger partial charge >= 0.3 is 6.09 Å². The lowest BCUT2D eigenvalue weighted by Crippen LogP contribution is -2.54. The third-order valence-electron chi connectivity index (χ3n) is 4.56. The van der Waals surface area contributed by atoms with E-state index >= 15 is 0 Å². The highest BCUT2D eigenvalue weighted by atomic mass is 19.3. The predicted octanol–water partition coefficient (Wildman–Crippen LogP) is 3.96. The molecule has 7 heteroatoms. The van der Waals surface area contributed by atoms with Crippen LogP contribution in [0.1, 0.15) is 50.8 Å². The van der Waals surface area contributed by atoms with Gasteiger partial charge in [0.25, 0.3) is 6.43 Å². The molecule has 1 atom stereocenters. The van der Waals surface area contributed by atoms with E-state index in [1.807, 2.05) is 34.6 Å². The number of rotatable bonds is 3. The maximum Gasteiger partial charge on any atom is 0.410 e. The van der Waals surface area contributed by atoms with E-state index in [0.29, 0.717) is 31.9 Å². The minimum atomic E-state index is -2.54. The van der Waals surface area contributed by atoms with Crippen LogP contribution in [0.2, 0.25) is 0 Å². The number of nitrogens with zero attached hydrogens (tertiary/aromatic N) is 2. The number of ether oxygens (including phenoxy) is 1. The Hall–Kier alpha value is -1.89. The van der Waals surface area contributed by atoms with E-state index in [2.05, 4.69) is 4.90 Å². The Morgan fingerprint density at radius 3 is 2.54 bits per heavy atom. The highest BCUT2D eigenvalue weighted by Crippen LogP contribution is 2.27. The highest BCUT2D eigenvalue weighted by molar-refractivity contribution is 5.68. The summed E-state index contributed by atoms with van der Waals surface area (Å²) in [5, 5.41) is 0. The average Bonchev–Trinajstić information content (AvgIpc) is 2.49. The zero-order valence-electron chi connectivity index (χ0n) is 16.2. The Balaban J connectivity index is 2.05. The Morgan fingerprint density at radius 2 is 2.00 bits per heavy atom. The van der Waals surface area contributed by atoms with Crippen molar-refractivity contribution in [2.75, 3.05) is 25.4 Å². The molecule has 2 N–H and O–H groups in total. The van der Waals surface area contributed by atoms with Gasteiger partial charge in [0.05, 0.1) is 0 Å². The third-order valence-corrected chi connectivity index (χ3v) is 4.56. The van der Waals surface area contributed by atoms with Gasteiger partial charge in [-0.1, -0.05) is 0 Å². The Kier molecular flexibility index (Phi) is 6.11. The molecule has 26 heavy (non-hydrogen) atoms. The number of carbonyl (C=O) groups is 1. The highest BCUT2D eigenvalue weighted by Gasteiger charge is 2.31. The molecule has 0 spiro atoms. The second-order valence-corrected chi connectivity index (χ2v) is 7.95. The number of hydrogen-bond acceptors (Lipinski definition) is 4. The maximum atomic E-state index is 13.0.